The Labute approximate surface area is 123 Å². The van der Waals surface area contributed by atoms with Gasteiger partial charge >= 0.3 is 0 Å². The number of amides is 1. The van der Waals surface area contributed by atoms with E-state index in [-0.39, 0.29) is 6.54 Å². The summed E-state index contributed by atoms with van der Waals surface area (Å²) in [6.07, 6.45) is 4.07. The van der Waals surface area contributed by atoms with E-state index in [1.54, 1.807) is 12.4 Å². The van der Waals surface area contributed by atoms with E-state index in [1.165, 1.54) is 0 Å². The zero-order valence-electron chi connectivity index (χ0n) is 12.0. The van der Waals surface area contributed by atoms with E-state index >= 15 is 0 Å². The maximum Gasteiger partial charge on any atom is 0.227 e. The molecule has 0 aliphatic carbocycles. The second kappa shape index (κ2) is 6.71. The highest BCUT2D eigenvalue weighted by molar-refractivity contribution is 6.04. The molecule has 2 aromatic rings. The summed E-state index contributed by atoms with van der Waals surface area (Å²) in [7, 11) is 0. The molecule has 1 aromatic heterocycles. The lowest BCUT2D eigenvalue weighted by Gasteiger charge is -2.10. The number of rotatable bonds is 5. The van der Waals surface area contributed by atoms with Crippen molar-refractivity contribution < 1.29 is 4.79 Å². The fraction of sp³-hybridized carbons (Fsp3) is 0.200. The highest BCUT2D eigenvalue weighted by atomic mass is 16.1. The summed E-state index contributed by atoms with van der Waals surface area (Å²) in [6, 6.07) is 5.95. The van der Waals surface area contributed by atoms with Gasteiger partial charge in [0.1, 0.15) is 5.82 Å². The Kier molecular flexibility index (Phi) is 4.73. The molecule has 1 amide bonds. The van der Waals surface area contributed by atoms with E-state index < -0.39 is 0 Å². The average molecular weight is 283 g/mol. The maximum absolute atomic E-state index is 10.4. The molecule has 0 atom stereocenters. The van der Waals surface area contributed by atoms with Crippen molar-refractivity contribution in [2.45, 2.75) is 13.8 Å². The summed E-state index contributed by atoms with van der Waals surface area (Å²) in [5.41, 5.74) is 12.4. The van der Waals surface area contributed by atoms with Crippen LogP contribution in [0.5, 0.6) is 0 Å². The lowest BCUT2D eigenvalue weighted by molar-refractivity contribution is -0.109. The lowest BCUT2D eigenvalue weighted by Crippen LogP contribution is -2.20. The fourth-order valence-electron chi connectivity index (χ4n) is 1.97. The van der Waals surface area contributed by atoms with E-state index in [2.05, 4.69) is 20.5 Å². The number of carbonyl (C=O) groups is 1. The monoisotopic (exact) mass is 283 g/mol. The van der Waals surface area contributed by atoms with Gasteiger partial charge in [-0.05, 0) is 31.0 Å². The van der Waals surface area contributed by atoms with Crippen LogP contribution >= 0.6 is 0 Å². The summed E-state index contributed by atoms with van der Waals surface area (Å²) >= 11 is 0. The summed E-state index contributed by atoms with van der Waals surface area (Å²) in [6.45, 7) is 4.04. The number of nitrogens with one attached hydrogen (secondary N) is 1. The Morgan fingerprint density at radius 3 is 2.62 bits per heavy atom. The molecule has 0 aliphatic rings. The van der Waals surface area contributed by atoms with Gasteiger partial charge in [-0.25, -0.2) is 15.4 Å². The minimum absolute atomic E-state index is 0.232. The maximum atomic E-state index is 10.4. The van der Waals surface area contributed by atoms with Gasteiger partial charge in [-0.15, -0.1) is 0 Å². The Balaban J connectivity index is 2.45. The van der Waals surface area contributed by atoms with Crippen molar-refractivity contribution in [3.63, 3.8) is 0 Å². The van der Waals surface area contributed by atoms with E-state index in [0.29, 0.717) is 12.1 Å². The molecular weight excluding hydrogens is 266 g/mol. The lowest BCUT2D eigenvalue weighted by atomic mass is 9.98. The van der Waals surface area contributed by atoms with Crippen LogP contribution in [0, 0.1) is 13.8 Å². The Morgan fingerprint density at radius 2 is 2.00 bits per heavy atom. The number of carbonyl (C=O) groups excluding carboxylic acids is 1. The van der Waals surface area contributed by atoms with Crippen molar-refractivity contribution in [3.05, 3.63) is 47.5 Å². The van der Waals surface area contributed by atoms with Crippen LogP contribution in [0.1, 0.15) is 17.0 Å². The molecule has 6 heteroatoms. The standard InChI is InChI=1S/C15H17N5O/c1-10-3-4-12(13-7-17-11(2)18-8-13)5-14(10)15(6-16)20-19-9-21/h3-5,7-9H,6,16H2,1-2H3,(H,19,21)/b20-15-. The third-order valence-corrected chi connectivity index (χ3v) is 3.11. The van der Waals surface area contributed by atoms with E-state index in [1.807, 2.05) is 32.0 Å². The molecule has 0 fully saturated rings. The number of nitrogens with zero attached hydrogens (tertiary/aromatic N) is 3. The number of hydrogen-bond acceptors (Lipinski definition) is 5. The molecule has 1 aromatic carbocycles. The van der Waals surface area contributed by atoms with Gasteiger partial charge in [-0.2, -0.15) is 5.10 Å². The summed E-state index contributed by atoms with van der Waals surface area (Å²) < 4.78 is 0. The molecule has 0 spiro atoms. The zero-order valence-corrected chi connectivity index (χ0v) is 12.0. The number of aromatic nitrogens is 2. The smallest absolute Gasteiger partial charge is 0.227 e. The molecule has 1 heterocycles. The van der Waals surface area contributed by atoms with Gasteiger partial charge in [0.2, 0.25) is 6.41 Å². The van der Waals surface area contributed by atoms with Gasteiger partial charge < -0.3 is 5.73 Å². The third-order valence-electron chi connectivity index (χ3n) is 3.11. The molecular formula is C15H17N5O. The first kappa shape index (κ1) is 14.8. The predicted octanol–water partition coefficient (Wildman–Crippen LogP) is 1.17. The molecule has 3 N–H and O–H groups in total. The van der Waals surface area contributed by atoms with Crippen LogP contribution in [0.2, 0.25) is 0 Å². The van der Waals surface area contributed by atoms with Gasteiger partial charge in [0, 0.05) is 30.1 Å². The highest BCUT2D eigenvalue weighted by Crippen LogP contribution is 2.21. The molecule has 108 valence electrons. The molecule has 0 saturated carbocycles. The fourth-order valence-corrected chi connectivity index (χ4v) is 1.97. The van der Waals surface area contributed by atoms with Crippen LogP contribution in [0.4, 0.5) is 0 Å². The minimum atomic E-state index is 0.232. The van der Waals surface area contributed by atoms with Crippen molar-refractivity contribution >= 4 is 12.1 Å². The van der Waals surface area contributed by atoms with Gasteiger partial charge in [-0.3, -0.25) is 4.79 Å². The second-order valence-corrected chi connectivity index (χ2v) is 4.56. The highest BCUT2D eigenvalue weighted by Gasteiger charge is 2.08. The molecule has 2 rings (SSSR count). The van der Waals surface area contributed by atoms with E-state index in [9.17, 15) is 4.79 Å². The third kappa shape index (κ3) is 3.49. The van der Waals surface area contributed by atoms with Crippen LogP contribution < -0.4 is 11.2 Å². The van der Waals surface area contributed by atoms with E-state index in [0.717, 1.165) is 28.1 Å². The Hall–Kier alpha value is -2.60. The Morgan fingerprint density at radius 1 is 1.29 bits per heavy atom. The second-order valence-electron chi connectivity index (χ2n) is 4.56. The van der Waals surface area contributed by atoms with Crippen LogP contribution in [-0.4, -0.2) is 28.6 Å². The van der Waals surface area contributed by atoms with Gasteiger partial charge in [0.25, 0.3) is 0 Å². The van der Waals surface area contributed by atoms with Crippen LogP contribution in [0.15, 0.2) is 35.7 Å². The Bertz CT molecular complexity index is 664. The SMILES string of the molecule is Cc1ncc(-c2ccc(C)c(/C(CN)=N\NC=O)c2)cn1. The van der Waals surface area contributed by atoms with E-state index in [4.69, 9.17) is 5.73 Å². The average Bonchev–Trinajstić information content (AvgIpc) is 2.50. The number of hydrazone groups is 1. The van der Waals surface area contributed by atoms with Crippen LogP contribution in [-0.2, 0) is 4.79 Å². The van der Waals surface area contributed by atoms with Crippen molar-refractivity contribution in [3.8, 4) is 11.1 Å². The topological polar surface area (TPSA) is 93.3 Å². The molecule has 0 saturated heterocycles. The van der Waals surface area contributed by atoms with Gasteiger partial charge in [0.15, 0.2) is 0 Å². The van der Waals surface area contributed by atoms with Crippen LogP contribution in [0.25, 0.3) is 11.1 Å². The van der Waals surface area contributed by atoms with Crippen molar-refractivity contribution in [2.24, 2.45) is 10.8 Å². The first-order valence-electron chi connectivity index (χ1n) is 6.51. The quantitative estimate of drug-likeness (QED) is 0.489. The number of benzene rings is 1. The first-order chi connectivity index (χ1) is 10.2. The number of nitrogens with two attached hydrogens (primary N) is 1. The van der Waals surface area contributed by atoms with Crippen LogP contribution in [0.3, 0.4) is 0 Å². The van der Waals surface area contributed by atoms with Crippen molar-refractivity contribution in [2.75, 3.05) is 6.54 Å². The molecule has 0 radical (unpaired) electrons. The number of hydrogen-bond donors (Lipinski definition) is 2. The normalized spacial score (nSPS) is 11.3. The van der Waals surface area contributed by atoms with Crippen molar-refractivity contribution in [1.82, 2.24) is 15.4 Å². The molecule has 0 unspecified atom stereocenters. The molecule has 0 aliphatic heterocycles. The minimum Gasteiger partial charge on any atom is -0.325 e. The van der Waals surface area contributed by atoms with Gasteiger partial charge in [0.05, 0.1) is 5.71 Å². The largest absolute Gasteiger partial charge is 0.325 e. The molecule has 21 heavy (non-hydrogen) atoms. The van der Waals surface area contributed by atoms with Crippen molar-refractivity contribution in [1.29, 1.82) is 0 Å². The summed E-state index contributed by atoms with van der Waals surface area (Å²) in [5.74, 6) is 0.727. The first-order valence-corrected chi connectivity index (χ1v) is 6.51. The summed E-state index contributed by atoms with van der Waals surface area (Å²) in [4.78, 5) is 18.8. The summed E-state index contributed by atoms with van der Waals surface area (Å²) in [5, 5.41) is 3.98. The predicted molar refractivity (Wildman–Crippen MR) is 81.7 cm³/mol. The number of aryl methyl sites for hydroxylation is 2. The zero-order chi connectivity index (χ0) is 15.2. The molecule has 6 nitrogen and oxygen atoms in total. The molecule has 0 bridgehead atoms. The van der Waals surface area contributed by atoms with Gasteiger partial charge in [-0.1, -0.05) is 12.1 Å².